The van der Waals surface area contributed by atoms with E-state index in [1.54, 1.807) is 0 Å². The maximum absolute atomic E-state index is 2.61. The Morgan fingerprint density at radius 2 is 1.56 bits per heavy atom. The smallest absolute Gasteiger partial charge is 0.00927 e. The van der Waals surface area contributed by atoms with Gasteiger partial charge in [-0.25, -0.2) is 0 Å². The summed E-state index contributed by atoms with van der Waals surface area (Å²) >= 11 is 0. The second-order valence-electron chi connectivity index (χ2n) is 7.13. The number of nitrogens with zero attached hydrogens (tertiary/aromatic N) is 1. The van der Waals surface area contributed by atoms with E-state index in [4.69, 9.17) is 0 Å². The molecule has 2 saturated carbocycles. The highest BCUT2D eigenvalue weighted by molar-refractivity contribution is 4.93. The molecule has 2 fully saturated rings. The van der Waals surface area contributed by atoms with Crippen molar-refractivity contribution >= 4 is 0 Å². The first-order valence-corrected chi connectivity index (χ1v) is 8.23. The SMILES string of the molecule is CC(C)CN(C)C1CCC2(CCC2)CC1.CCC. The van der Waals surface area contributed by atoms with Gasteiger partial charge >= 0.3 is 0 Å². The molecule has 0 amide bonds. The Balaban J connectivity index is 0.000000492. The zero-order valence-corrected chi connectivity index (χ0v) is 13.5. The van der Waals surface area contributed by atoms with Crippen LogP contribution >= 0.6 is 0 Å². The molecule has 1 nitrogen and oxygen atoms in total. The zero-order valence-electron chi connectivity index (χ0n) is 13.5. The van der Waals surface area contributed by atoms with Crippen LogP contribution in [0, 0.1) is 11.3 Å². The lowest BCUT2D eigenvalue weighted by Gasteiger charge is -2.48. The van der Waals surface area contributed by atoms with Gasteiger partial charge in [0.2, 0.25) is 0 Å². The Morgan fingerprint density at radius 3 is 1.89 bits per heavy atom. The van der Waals surface area contributed by atoms with Crippen molar-refractivity contribution < 1.29 is 0 Å². The van der Waals surface area contributed by atoms with Crippen LogP contribution in [0.2, 0.25) is 0 Å². The van der Waals surface area contributed by atoms with Crippen LogP contribution < -0.4 is 0 Å². The van der Waals surface area contributed by atoms with Gasteiger partial charge in [0.05, 0.1) is 0 Å². The summed E-state index contributed by atoms with van der Waals surface area (Å²) in [5, 5.41) is 0. The summed E-state index contributed by atoms with van der Waals surface area (Å²) in [5.41, 5.74) is 0.829. The molecular weight excluding hydrogens is 218 g/mol. The van der Waals surface area contributed by atoms with Crippen LogP contribution in [-0.4, -0.2) is 24.5 Å². The van der Waals surface area contributed by atoms with Gasteiger partial charge in [-0.2, -0.15) is 0 Å². The van der Waals surface area contributed by atoms with Crippen molar-refractivity contribution in [2.24, 2.45) is 11.3 Å². The van der Waals surface area contributed by atoms with Gasteiger partial charge in [0.25, 0.3) is 0 Å². The molecule has 0 aromatic heterocycles. The molecule has 0 aliphatic heterocycles. The summed E-state index contributed by atoms with van der Waals surface area (Å²) in [6, 6.07) is 0.888. The van der Waals surface area contributed by atoms with E-state index in [9.17, 15) is 0 Å². The molecule has 0 radical (unpaired) electrons. The van der Waals surface area contributed by atoms with Crippen molar-refractivity contribution in [2.45, 2.75) is 85.1 Å². The largest absolute Gasteiger partial charge is 0.303 e. The van der Waals surface area contributed by atoms with E-state index in [1.165, 1.54) is 57.9 Å². The highest BCUT2D eigenvalue weighted by atomic mass is 15.1. The molecule has 0 N–H and O–H groups in total. The Bertz CT molecular complexity index is 208. The minimum absolute atomic E-state index is 0.814. The molecular formula is C17H35N. The minimum Gasteiger partial charge on any atom is -0.303 e. The Morgan fingerprint density at radius 1 is 1.06 bits per heavy atom. The van der Waals surface area contributed by atoms with Crippen LogP contribution in [0.1, 0.15) is 79.1 Å². The standard InChI is InChI=1S/C14H27N.C3H8/c1-12(2)11-15(3)13-5-9-14(10-6-13)7-4-8-14;1-3-2/h12-13H,4-11H2,1-3H3;3H2,1-2H3. The predicted molar refractivity (Wildman–Crippen MR) is 82.0 cm³/mol. The van der Waals surface area contributed by atoms with Crippen LogP contribution in [-0.2, 0) is 0 Å². The number of hydrogen-bond acceptors (Lipinski definition) is 1. The highest BCUT2D eigenvalue weighted by Crippen LogP contribution is 2.51. The second kappa shape index (κ2) is 7.53. The van der Waals surface area contributed by atoms with Gasteiger partial charge in [-0.1, -0.05) is 40.5 Å². The van der Waals surface area contributed by atoms with Gasteiger partial charge in [0.15, 0.2) is 0 Å². The normalized spacial score (nSPS) is 22.8. The van der Waals surface area contributed by atoms with Crippen LogP contribution in [0.5, 0.6) is 0 Å². The summed E-state index contributed by atoms with van der Waals surface area (Å²) in [6.45, 7) is 10.2. The maximum Gasteiger partial charge on any atom is 0.00927 e. The molecule has 0 aromatic carbocycles. The molecule has 18 heavy (non-hydrogen) atoms. The zero-order chi connectivity index (χ0) is 13.6. The van der Waals surface area contributed by atoms with Crippen LogP contribution in [0.3, 0.4) is 0 Å². The van der Waals surface area contributed by atoms with Gasteiger partial charge < -0.3 is 4.90 Å². The van der Waals surface area contributed by atoms with Crippen molar-refractivity contribution in [3.05, 3.63) is 0 Å². The average molecular weight is 253 g/mol. The van der Waals surface area contributed by atoms with Gasteiger partial charge in [-0.05, 0) is 56.9 Å². The first-order valence-electron chi connectivity index (χ1n) is 8.23. The molecule has 0 bridgehead atoms. The molecule has 0 heterocycles. The summed E-state index contributed by atoms with van der Waals surface area (Å²) in [7, 11) is 2.32. The van der Waals surface area contributed by atoms with E-state index in [0.29, 0.717) is 0 Å². The molecule has 2 aliphatic carbocycles. The monoisotopic (exact) mass is 253 g/mol. The molecule has 1 heteroatoms. The molecule has 0 aromatic rings. The molecule has 108 valence electrons. The van der Waals surface area contributed by atoms with Crippen LogP contribution in [0.15, 0.2) is 0 Å². The molecule has 2 rings (SSSR count). The highest BCUT2D eigenvalue weighted by Gasteiger charge is 2.40. The molecule has 2 aliphatic rings. The van der Waals surface area contributed by atoms with Gasteiger partial charge in [0.1, 0.15) is 0 Å². The predicted octanol–water partition coefficient (Wildman–Crippen LogP) is 5.10. The third-order valence-electron chi connectivity index (χ3n) is 4.71. The molecule has 1 spiro atoms. The molecule has 0 saturated heterocycles. The minimum atomic E-state index is 0.814. The van der Waals surface area contributed by atoms with E-state index in [0.717, 1.165) is 17.4 Å². The lowest BCUT2D eigenvalue weighted by molar-refractivity contribution is 0.0353. The van der Waals surface area contributed by atoms with Gasteiger partial charge in [0, 0.05) is 12.6 Å². The molecule has 0 atom stereocenters. The third-order valence-corrected chi connectivity index (χ3v) is 4.71. The van der Waals surface area contributed by atoms with E-state index in [1.807, 2.05) is 0 Å². The van der Waals surface area contributed by atoms with E-state index in [-0.39, 0.29) is 0 Å². The average Bonchev–Trinajstić information content (AvgIpc) is 2.27. The van der Waals surface area contributed by atoms with E-state index < -0.39 is 0 Å². The van der Waals surface area contributed by atoms with Crippen molar-refractivity contribution in [3.8, 4) is 0 Å². The van der Waals surface area contributed by atoms with Crippen molar-refractivity contribution in [1.29, 1.82) is 0 Å². The fourth-order valence-corrected chi connectivity index (χ4v) is 3.56. The van der Waals surface area contributed by atoms with Gasteiger partial charge in [-0.15, -0.1) is 0 Å². The Hall–Kier alpha value is -0.0400. The Labute approximate surface area is 115 Å². The summed E-state index contributed by atoms with van der Waals surface area (Å²) in [5.74, 6) is 0.814. The lowest BCUT2D eigenvalue weighted by atomic mass is 9.60. The first-order chi connectivity index (χ1) is 8.53. The third kappa shape index (κ3) is 4.57. The number of rotatable bonds is 3. The van der Waals surface area contributed by atoms with E-state index >= 15 is 0 Å². The lowest BCUT2D eigenvalue weighted by Crippen LogP contribution is -2.42. The maximum atomic E-state index is 2.61. The quantitative estimate of drug-likeness (QED) is 0.676. The fourth-order valence-electron chi connectivity index (χ4n) is 3.56. The Kier molecular flexibility index (Phi) is 6.70. The van der Waals surface area contributed by atoms with Gasteiger partial charge in [-0.3, -0.25) is 0 Å². The second-order valence-corrected chi connectivity index (χ2v) is 7.13. The number of hydrogen-bond donors (Lipinski definition) is 0. The summed E-state index contributed by atoms with van der Waals surface area (Å²) in [6.07, 6.45) is 11.8. The topological polar surface area (TPSA) is 3.24 Å². The summed E-state index contributed by atoms with van der Waals surface area (Å²) in [4.78, 5) is 2.61. The fraction of sp³-hybridized carbons (Fsp3) is 1.00. The van der Waals surface area contributed by atoms with Crippen molar-refractivity contribution in [2.75, 3.05) is 13.6 Å². The van der Waals surface area contributed by atoms with E-state index in [2.05, 4.69) is 39.6 Å². The van der Waals surface area contributed by atoms with Crippen molar-refractivity contribution in [3.63, 3.8) is 0 Å². The van der Waals surface area contributed by atoms with Crippen molar-refractivity contribution in [1.82, 2.24) is 4.90 Å². The van der Waals surface area contributed by atoms with Crippen LogP contribution in [0.4, 0.5) is 0 Å². The summed E-state index contributed by atoms with van der Waals surface area (Å²) < 4.78 is 0. The van der Waals surface area contributed by atoms with Crippen LogP contribution in [0.25, 0.3) is 0 Å². The molecule has 0 unspecified atom stereocenters. The first kappa shape index (κ1) is 16.0.